The van der Waals surface area contributed by atoms with Crippen molar-refractivity contribution < 1.29 is 14.7 Å². The zero-order chi connectivity index (χ0) is 14.0. The summed E-state index contributed by atoms with van der Waals surface area (Å²) >= 11 is 0. The number of hydrogen-bond acceptors (Lipinski definition) is 2. The van der Waals surface area contributed by atoms with Crippen molar-refractivity contribution in [1.29, 1.82) is 0 Å². The summed E-state index contributed by atoms with van der Waals surface area (Å²) in [6.07, 6.45) is 0.0710. The normalized spacial score (nSPS) is 19.2. The van der Waals surface area contributed by atoms with Gasteiger partial charge < -0.3 is 10.4 Å². The van der Waals surface area contributed by atoms with Crippen molar-refractivity contribution in [3.05, 3.63) is 29.3 Å². The molecule has 1 atom stereocenters. The maximum Gasteiger partial charge on any atom is 0.321 e. The summed E-state index contributed by atoms with van der Waals surface area (Å²) in [7, 11) is 0. The summed E-state index contributed by atoms with van der Waals surface area (Å²) in [6.45, 7) is 4.83. The Bertz CT molecular complexity index is 493. The molecule has 0 aliphatic carbocycles. The van der Waals surface area contributed by atoms with Gasteiger partial charge >= 0.3 is 12.0 Å². The smallest absolute Gasteiger partial charge is 0.321 e. The Hall–Kier alpha value is -2.04. The topological polar surface area (TPSA) is 69.6 Å². The first kappa shape index (κ1) is 13.4. The Morgan fingerprint density at radius 3 is 2.58 bits per heavy atom. The number of carbonyl (C=O) groups is 2. The van der Waals surface area contributed by atoms with Crippen LogP contribution in [0.5, 0.6) is 0 Å². The van der Waals surface area contributed by atoms with Crippen LogP contribution in [-0.2, 0) is 4.79 Å². The number of nitrogens with one attached hydrogen (secondary N) is 1. The van der Waals surface area contributed by atoms with Crippen LogP contribution in [0.1, 0.15) is 17.5 Å². The molecule has 1 heterocycles. The predicted molar refractivity (Wildman–Crippen MR) is 72.4 cm³/mol. The fourth-order valence-electron chi connectivity index (χ4n) is 2.45. The van der Waals surface area contributed by atoms with Gasteiger partial charge in [0.1, 0.15) is 0 Å². The molecular formula is C14H18N2O3. The summed E-state index contributed by atoms with van der Waals surface area (Å²) in [5.41, 5.74) is 3.00. The number of nitrogens with zero attached hydrogens (tertiary/aromatic N) is 1. The van der Waals surface area contributed by atoms with Crippen LogP contribution in [0, 0.1) is 19.8 Å². The van der Waals surface area contributed by atoms with Crippen LogP contribution >= 0.6 is 0 Å². The van der Waals surface area contributed by atoms with Crippen molar-refractivity contribution in [3.8, 4) is 0 Å². The van der Waals surface area contributed by atoms with Gasteiger partial charge in [-0.3, -0.25) is 9.69 Å². The Labute approximate surface area is 112 Å². The van der Waals surface area contributed by atoms with Gasteiger partial charge in [-0.1, -0.05) is 6.07 Å². The second kappa shape index (κ2) is 5.30. The van der Waals surface area contributed by atoms with Crippen molar-refractivity contribution >= 4 is 17.7 Å². The van der Waals surface area contributed by atoms with Crippen LogP contribution in [0.3, 0.4) is 0 Å². The first-order valence-electron chi connectivity index (χ1n) is 6.31. The number of amides is 2. The van der Waals surface area contributed by atoms with E-state index >= 15 is 0 Å². The highest BCUT2D eigenvalue weighted by molar-refractivity contribution is 5.93. The van der Waals surface area contributed by atoms with Gasteiger partial charge in [0.2, 0.25) is 0 Å². The van der Waals surface area contributed by atoms with E-state index in [4.69, 9.17) is 5.11 Å². The van der Waals surface area contributed by atoms with Gasteiger partial charge in [0, 0.05) is 24.7 Å². The van der Waals surface area contributed by atoms with Crippen molar-refractivity contribution in [2.45, 2.75) is 20.3 Å². The third-order valence-corrected chi connectivity index (χ3v) is 3.21. The maximum absolute atomic E-state index is 11.9. The van der Waals surface area contributed by atoms with Crippen LogP contribution in [0.15, 0.2) is 18.2 Å². The molecule has 0 bridgehead atoms. The number of carboxylic acids is 1. The summed E-state index contributed by atoms with van der Waals surface area (Å²) in [5.74, 6) is -0.891. The third kappa shape index (κ3) is 3.24. The lowest BCUT2D eigenvalue weighted by molar-refractivity contribution is -0.138. The quantitative estimate of drug-likeness (QED) is 0.874. The molecule has 0 saturated carbocycles. The van der Waals surface area contributed by atoms with E-state index in [9.17, 15) is 9.59 Å². The maximum atomic E-state index is 11.9. The Morgan fingerprint density at radius 1 is 1.37 bits per heavy atom. The van der Waals surface area contributed by atoms with Crippen molar-refractivity contribution in [2.75, 3.05) is 18.0 Å². The molecule has 2 N–H and O–H groups in total. The number of aliphatic carboxylic acids is 1. The van der Waals surface area contributed by atoms with Crippen molar-refractivity contribution in [2.24, 2.45) is 5.92 Å². The minimum Gasteiger partial charge on any atom is -0.481 e. The van der Waals surface area contributed by atoms with E-state index in [0.29, 0.717) is 13.1 Å². The number of aryl methyl sites for hydroxylation is 2. The van der Waals surface area contributed by atoms with Gasteiger partial charge in [-0.25, -0.2) is 4.79 Å². The van der Waals surface area contributed by atoms with Gasteiger partial charge in [-0.05, 0) is 37.1 Å². The number of rotatable bonds is 3. The largest absolute Gasteiger partial charge is 0.481 e. The predicted octanol–water partition coefficient (Wildman–Crippen LogP) is 1.92. The average Bonchev–Trinajstić information content (AvgIpc) is 2.29. The number of carboxylic acid groups (broad SMARTS) is 1. The number of urea groups is 1. The van der Waals surface area contributed by atoms with E-state index in [1.54, 1.807) is 4.90 Å². The second-order valence-electron chi connectivity index (χ2n) is 5.11. The molecule has 5 heteroatoms. The minimum atomic E-state index is -0.832. The molecule has 1 aromatic carbocycles. The highest BCUT2D eigenvalue weighted by Gasteiger charge is 2.27. The fraction of sp³-hybridized carbons (Fsp3) is 0.429. The fourth-order valence-corrected chi connectivity index (χ4v) is 2.45. The summed E-state index contributed by atoms with van der Waals surface area (Å²) in [5, 5.41) is 11.6. The molecule has 19 heavy (non-hydrogen) atoms. The lowest BCUT2D eigenvalue weighted by Crippen LogP contribution is -2.51. The molecule has 1 fully saturated rings. The van der Waals surface area contributed by atoms with Gasteiger partial charge in [-0.15, -0.1) is 0 Å². The van der Waals surface area contributed by atoms with Gasteiger partial charge in [0.15, 0.2) is 0 Å². The van der Waals surface area contributed by atoms with Crippen LogP contribution in [-0.4, -0.2) is 30.2 Å². The molecule has 0 spiro atoms. The highest BCUT2D eigenvalue weighted by atomic mass is 16.4. The molecule has 1 saturated heterocycles. The molecule has 2 amide bonds. The molecule has 102 valence electrons. The van der Waals surface area contributed by atoms with E-state index < -0.39 is 5.97 Å². The van der Waals surface area contributed by atoms with Crippen molar-refractivity contribution in [1.82, 2.24) is 5.32 Å². The Balaban J connectivity index is 2.20. The van der Waals surface area contributed by atoms with Gasteiger partial charge in [-0.2, -0.15) is 0 Å². The zero-order valence-corrected chi connectivity index (χ0v) is 11.1. The first-order chi connectivity index (χ1) is 8.95. The molecule has 0 aromatic heterocycles. The molecule has 0 radical (unpaired) electrons. The van der Waals surface area contributed by atoms with E-state index in [1.165, 1.54) is 0 Å². The van der Waals surface area contributed by atoms with E-state index in [2.05, 4.69) is 5.32 Å². The monoisotopic (exact) mass is 262 g/mol. The van der Waals surface area contributed by atoms with Gasteiger partial charge in [0.25, 0.3) is 0 Å². The number of benzene rings is 1. The Kier molecular flexibility index (Phi) is 3.74. The summed E-state index contributed by atoms with van der Waals surface area (Å²) < 4.78 is 0. The highest BCUT2D eigenvalue weighted by Crippen LogP contribution is 2.22. The van der Waals surface area contributed by atoms with E-state index in [0.717, 1.165) is 16.8 Å². The standard InChI is InChI=1S/C14H18N2O3/c1-9-3-10(2)5-12(4-9)16-8-11(6-13(17)18)7-15-14(16)19/h3-5,11H,6-8H2,1-2H3,(H,15,19)(H,17,18). The number of hydrogen-bond donors (Lipinski definition) is 2. The molecule has 1 aliphatic heterocycles. The first-order valence-corrected chi connectivity index (χ1v) is 6.31. The van der Waals surface area contributed by atoms with Crippen LogP contribution in [0.25, 0.3) is 0 Å². The minimum absolute atomic E-state index is 0.0592. The molecule has 5 nitrogen and oxygen atoms in total. The lowest BCUT2D eigenvalue weighted by atomic mass is 10.0. The average molecular weight is 262 g/mol. The third-order valence-electron chi connectivity index (χ3n) is 3.21. The zero-order valence-electron chi connectivity index (χ0n) is 11.1. The van der Waals surface area contributed by atoms with Crippen LogP contribution in [0.2, 0.25) is 0 Å². The summed E-state index contributed by atoms with van der Waals surface area (Å²) in [6, 6.07) is 5.76. The van der Waals surface area contributed by atoms with E-state index in [1.807, 2.05) is 32.0 Å². The SMILES string of the molecule is Cc1cc(C)cc(N2CC(CC(=O)O)CNC2=O)c1. The molecule has 2 rings (SSSR count). The Morgan fingerprint density at radius 2 is 2.00 bits per heavy atom. The van der Waals surface area contributed by atoms with E-state index in [-0.39, 0.29) is 18.4 Å². The molecule has 1 aliphatic rings. The molecule has 1 aromatic rings. The molecular weight excluding hydrogens is 244 g/mol. The summed E-state index contributed by atoms with van der Waals surface area (Å²) in [4.78, 5) is 24.3. The van der Waals surface area contributed by atoms with Gasteiger partial charge in [0.05, 0.1) is 6.42 Å². The van der Waals surface area contributed by atoms with Crippen LogP contribution in [0.4, 0.5) is 10.5 Å². The second-order valence-corrected chi connectivity index (χ2v) is 5.11. The van der Waals surface area contributed by atoms with Crippen molar-refractivity contribution in [3.63, 3.8) is 0 Å². The van der Waals surface area contributed by atoms with Crippen LogP contribution < -0.4 is 10.2 Å². The lowest BCUT2D eigenvalue weighted by Gasteiger charge is -2.33. The number of anilines is 1. The molecule has 1 unspecified atom stereocenters. The number of carbonyl (C=O) groups excluding carboxylic acids is 1.